The summed E-state index contributed by atoms with van der Waals surface area (Å²) in [6, 6.07) is 0. The molecule has 0 saturated carbocycles. The molecule has 0 radical (unpaired) electrons. The molecule has 21 heavy (non-hydrogen) atoms. The Bertz CT molecular complexity index is 442. The molecule has 8 heteroatoms. The largest absolute Gasteiger partial charge is 0.470 e. The van der Waals surface area contributed by atoms with E-state index in [2.05, 4.69) is 22.2 Å². The van der Waals surface area contributed by atoms with Gasteiger partial charge in [0.15, 0.2) is 0 Å². The van der Waals surface area contributed by atoms with Gasteiger partial charge in [-0.2, -0.15) is 4.98 Å². The third-order valence-corrected chi connectivity index (χ3v) is 2.82. The van der Waals surface area contributed by atoms with Crippen molar-refractivity contribution >= 4 is 11.5 Å². The second-order valence-corrected chi connectivity index (χ2v) is 4.46. The van der Waals surface area contributed by atoms with Gasteiger partial charge in [-0.25, -0.2) is 4.98 Å². The van der Waals surface area contributed by atoms with E-state index in [1.807, 2.05) is 0 Å². The van der Waals surface area contributed by atoms with E-state index in [0.717, 1.165) is 25.7 Å². The van der Waals surface area contributed by atoms with Crippen molar-refractivity contribution < 1.29 is 14.4 Å². The standard InChI is InChI=1S/C13H22N4O4/c1-3-4-5-6-7-14-12-11(17(18)19)13(16-10-15-12)21-9-8-20-2/h10H,3-9H2,1-2H3,(H,14,15,16). The first-order valence-electron chi connectivity index (χ1n) is 7.05. The number of hydrogen-bond donors (Lipinski definition) is 1. The molecule has 1 N–H and O–H groups in total. The van der Waals surface area contributed by atoms with Gasteiger partial charge < -0.3 is 14.8 Å². The summed E-state index contributed by atoms with van der Waals surface area (Å²) in [4.78, 5) is 18.4. The molecule has 0 unspecified atom stereocenters. The Morgan fingerprint density at radius 1 is 1.29 bits per heavy atom. The Balaban J connectivity index is 2.68. The van der Waals surface area contributed by atoms with E-state index < -0.39 is 4.92 Å². The van der Waals surface area contributed by atoms with E-state index >= 15 is 0 Å². The molecule has 0 atom stereocenters. The summed E-state index contributed by atoms with van der Waals surface area (Å²) >= 11 is 0. The van der Waals surface area contributed by atoms with E-state index in [-0.39, 0.29) is 24.0 Å². The highest BCUT2D eigenvalue weighted by atomic mass is 16.6. The molecule has 0 aromatic carbocycles. The van der Waals surface area contributed by atoms with Gasteiger partial charge in [-0.05, 0) is 6.42 Å². The number of nitro groups is 1. The molecule has 0 bridgehead atoms. The van der Waals surface area contributed by atoms with Gasteiger partial charge in [0.1, 0.15) is 12.9 Å². The Labute approximate surface area is 124 Å². The summed E-state index contributed by atoms with van der Waals surface area (Å²) in [6.07, 6.45) is 5.57. The molecule has 0 amide bonds. The van der Waals surface area contributed by atoms with Crippen LogP contribution >= 0.6 is 0 Å². The van der Waals surface area contributed by atoms with E-state index in [1.54, 1.807) is 0 Å². The molecular weight excluding hydrogens is 276 g/mol. The zero-order chi connectivity index (χ0) is 15.5. The van der Waals surface area contributed by atoms with Gasteiger partial charge in [0.2, 0.25) is 5.82 Å². The molecule has 0 fully saturated rings. The zero-order valence-electron chi connectivity index (χ0n) is 12.5. The lowest BCUT2D eigenvalue weighted by molar-refractivity contribution is -0.385. The Hall–Kier alpha value is -1.96. The van der Waals surface area contributed by atoms with E-state index in [9.17, 15) is 10.1 Å². The number of hydrogen-bond acceptors (Lipinski definition) is 7. The molecule has 0 aliphatic heterocycles. The number of nitrogens with one attached hydrogen (secondary N) is 1. The summed E-state index contributed by atoms with van der Waals surface area (Å²) in [5, 5.41) is 14.2. The van der Waals surface area contributed by atoms with Crippen molar-refractivity contribution in [1.29, 1.82) is 0 Å². The van der Waals surface area contributed by atoms with Crippen LogP contribution in [0.25, 0.3) is 0 Å². The zero-order valence-corrected chi connectivity index (χ0v) is 12.5. The van der Waals surface area contributed by atoms with Crippen LogP contribution in [0, 0.1) is 10.1 Å². The Morgan fingerprint density at radius 2 is 2.10 bits per heavy atom. The molecular formula is C13H22N4O4. The first kappa shape index (κ1) is 17.1. The molecule has 0 spiro atoms. The quantitative estimate of drug-likeness (QED) is 0.380. The number of ether oxygens (including phenoxy) is 2. The second-order valence-electron chi connectivity index (χ2n) is 4.46. The monoisotopic (exact) mass is 298 g/mol. The lowest BCUT2D eigenvalue weighted by Crippen LogP contribution is -2.11. The topological polar surface area (TPSA) is 99.4 Å². The van der Waals surface area contributed by atoms with Crippen LogP contribution in [0.15, 0.2) is 6.33 Å². The molecule has 0 saturated heterocycles. The normalized spacial score (nSPS) is 10.4. The Kier molecular flexibility index (Phi) is 8.03. The van der Waals surface area contributed by atoms with Gasteiger partial charge in [-0.1, -0.05) is 26.2 Å². The molecule has 8 nitrogen and oxygen atoms in total. The number of aromatic nitrogens is 2. The average Bonchev–Trinajstić information content (AvgIpc) is 2.47. The van der Waals surface area contributed by atoms with Crippen molar-refractivity contribution in [1.82, 2.24) is 9.97 Å². The van der Waals surface area contributed by atoms with Gasteiger partial charge in [0.05, 0.1) is 11.5 Å². The third kappa shape index (κ3) is 5.90. The third-order valence-electron chi connectivity index (χ3n) is 2.82. The molecule has 1 aromatic rings. The van der Waals surface area contributed by atoms with E-state index in [1.165, 1.54) is 13.4 Å². The van der Waals surface area contributed by atoms with Gasteiger partial charge in [0.25, 0.3) is 5.88 Å². The van der Waals surface area contributed by atoms with Crippen molar-refractivity contribution in [3.8, 4) is 5.88 Å². The van der Waals surface area contributed by atoms with Crippen LogP contribution in [0.2, 0.25) is 0 Å². The van der Waals surface area contributed by atoms with Crippen LogP contribution in [0.1, 0.15) is 32.6 Å². The van der Waals surface area contributed by atoms with E-state index in [4.69, 9.17) is 9.47 Å². The minimum Gasteiger partial charge on any atom is -0.470 e. The molecule has 1 heterocycles. The first-order chi connectivity index (χ1) is 10.2. The SMILES string of the molecule is CCCCCCNc1ncnc(OCCOC)c1[N+](=O)[O-]. The van der Waals surface area contributed by atoms with Crippen LogP contribution in [-0.2, 0) is 4.74 Å². The minimum absolute atomic E-state index is 0.0388. The molecule has 0 aliphatic carbocycles. The smallest absolute Gasteiger partial charge is 0.372 e. The molecule has 118 valence electrons. The van der Waals surface area contributed by atoms with Crippen molar-refractivity contribution in [2.75, 3.05) is 32.2 Å². The van der Waals surface area contributed by atoms with Gasteiger partial charge in [-0.15, -0.1) is 0 Å². The average molecular weight is 298 g/mol. The minimum atomic E-state index is -0.531. The predicted molar refractivity (Wildman–Crippen MR) is 78.7 cm³/mol. The number of nitrogens with zero attached hydrogens (tertiary/aromatic N) is 3. The number of anilines is 1. The summed E-state index contributed by atoms with van der Waals surface area (Å²) in [5.74, 6) is 0.155. The highest BCUT2D eigenvalue weighted by molar-refractivity contribution is 5.61. The van der Waals surface area contributed by atoms with Crippen LogP contribution in [0.4, 0.5) is 11.5 Å². The number of methoxy groups -OCH3 is 1. The van der Waals surface area contributed by atoms with Crippen molar-refractivity contribution in [2.24, 2.45) is 0 Å². The van der Waals surface area contributed by atoms with Crippen LogP contribution in [-0.4, -0.2) is 41.8 Å². The maximum absolute atomic E-state index is 11.2. The fourth-order valence-corrected chi connectivity index (χ4v) is 1.74. The van der Waals surface area contributed by atoms with Gasteiger partial charge in [0, 0.05) is 13.7 Å². The maximum Gasteiger partial charge on any atom is 0.372 e. The first-order valence-corrected chi connectivity index (χ1v) is 7.05. The van der Waals surface area contributed by atoms with E-state index in [0.29, 0.717) is 13.2 Å². The summed E-state index contributed by atoms with van der Waals surface area (Å²) in [6.45, 7) is 3.30. The molecule has 0 aliphatic rings. The summed E-state index contributed by atoms with van der Waals surface area (Å²) in [7, 11) is 1.53. The van der Waals surface area contributed by atoms with Crippen LogP contribution in [0.3, 0.4) is 0 Å². The predicted octanol–water partition coefficient (Wildman–Crippen LogP) is 2.40. The number of rotatable bonds is 11. The maximum atomic E-state index is 11.2. The van der Waals surface area contributed by atoms with Gasteiger partial charge >= 0.3 is 5.69 Å². The van der Waals surface area contributed by atoms with Crippen LogP contribution < -0.4 is 10.1 Å². The fourth-order valence-electron chi connectivity index (χ4n) is 1.74. The fraction of sp³-hybridized carbons (Fsp3) is 0.692. The summed E-state index contributed by atoms with van der Waals surface area (Å²) < 4.78 is 10.1. The van der Waals surface area contributed by atoms with Crippen molar-refractivity contribution in [3.05, 3.63) is 16.4 Å². The summed E-state index contributed by atoms with van der Waals surface area (Å²) in [5.41, 5.74) is -0.232. The Morgan fingerprint density at radius 3 is 2.76 bits per heavy atom. The van der Waals surface area contributed by atoms with Gasteiger partial charge in [-0.3, -0.25) is 10.1 Å². The highest BCUT2D eigenvalue weighted by Crippen LogP contribution is 2.30. The lowest BCUT2D eigenvalue weighted by atomic mass is 10.2. The highest BCUT2D eigenvalue weighted by Gasteiger charge is 2.24. The lowest BCUT2D eigenvalue weighted by Gasteiger charge is -2.09. The number of unbranched alkanes of at least 4 members (excludes halogenated alkanes) is 3. The van der Waals surface area contributed by atoms with Crippen molar-refractivity contribution in [3.63, 3.8) is 0 Å². The molecule has 1 rings (SSSR count). The van der Waals surface area contributed by atoms with Crippen molar-refractivity contribution in [2.45, 2.75) is 32.6 Å². The second kappa shape index (κ2) is 9.87. The van der Waals surface area contributed by atoms with Crippen LogP contribution in [0.5, 0.6) is 5.88 Å². The molecule has 1 aromatic heterocycles.